The molecule has 2 atom stereocenters. The number of carbonyl (C=O) groups excluding carboxylic acids is 1. The van der Waals surface area contributed by atoms with Crippen LogP contribution in [-0.2, 0) is 19.4 Å². The van der Waals surface area contributed by atoms with Crippen LogP contribution in [0.1, 0.15) is 6.42 Å². The fraction of sp³-hybridized carbons (Fsp3) is 0.600. The summed E-state index contributed by atoms with van der Waals surface area (Å²) in [6.45, 7) is 0.189. The maximum atomic E-state index is 11.5. The van der Waals surface area contributed by atoms with Gasteiger partial charge in [0, 0.05) is 25.5 Å². The number of urea groups is 1. The van der Waals surface area contributed by atoms with E-state index < -0.39 is 33.9 Å². The van der Waals surface area contributed by atoms with Crippen molar-refractivity contribution in [1.29, 1.82) is 0 Å². The Bertz CT molecular complexity index is 472. The van der Waals surface area contributed by atoms with Crippen molar-refractivity contribution in [3.05, 3.63) is 11.5 Å². The molecule has 0 fully saturated rings. The first kappa shape index (κ1) is 15.4. The van der Waals surface area contributed by atoms with Crippen LogP contribution in [0.3, 0.4) is 0 Å². The van der Waals surface area contributed by atoms with Gasteiger partial charge in [0.05, 0.1) is 11.8 Å². The average Bonchev–Trinajstić information content (AvgIpc) is 2.63. The van der Waals surface area contributed by atoms with Crippen LogP contribution >= 0.6 is 0 Å². The quantitative estimate of drug-likeness (QED) is 0.582. The number of carboxylic acids is 1. The fourth-order valence-corrected chi connectivity index (χ4v) is 2.76. The first-order chi connectivity index (χ1) is 8.84. The lowest BCUT2D eigenvalue weighted by Gasteiger charge is -2.16. The predicted octanol–water partition coefficient (Wildman–Crippen LogP) is -0.914. The Morgan fingerprint density at radius 1 is 1.53 bits per heavy atom. The number of methoxy groups -OCH3 is 1. The van der Waals surface area contributed by atoms with Crippen molar-refractivity contribution in [1.82, 2.24) is 10.6 Å². The SMILES string of the molecule is COCCC(NC(=O)NC1C=CS(=O)(=O)C1)C(=O)O. The molecule has 0 spiro atoms. The minimum atomic E-state index is -3.26. The summed E-state index contributed by atoms with van der Waals surface area (Å²) >= 11 is 0. The van der Waals surface area contributed by atoms with Crippen molar-refractivity contribution < 1.29 is 27.9 Å². The van der Waals surface area contributed by atoms with Gasteiger partial charge in [0.1, 0.15) is 6.04 Å². The van der Waals surface area contributed by atoms with Crippen LogP contribution in [-0.4, -0.2) is 57.1 Å². The van der Waals surface area contributed by atoms with E-state index >= 15 is 0 Å². The van der Waals surface area contributed by atoms with Crippen LogP contribution in [0.2, 0.25) is 0 Å². The van der Waals surface area contributed by atoms with E-state index in [9.17, 15) is 18.0 Å². The highest BCUT2D eigenvalue weighted by Crippen LogP contribution is 2.07. The number of nitrogens with one attached hydrogen (secondary N) is 2. The molecule has 1 aliphatic heterocycles. The molecule has 8 nitrogen and oxygen atoms in total. The van der Waals surface area contributed by atoms with Crippen molar-refractivity contribution in [2.75, 3.05) is 19.5 Å². The minimum Gasteiger partial charge on any atom is -0.480 e. The molecule has 0 saturated carbocycles. The highest BCUT2D eigenvalue weighted by atomic mass is 32.2. The summed E-state index contributed by atoms with van der Waals surface area (Å²) in [5, 5.41) is 14.5. The maximum Gasteiger partial charge on any atom is 0.326 e. The lowest BCUT2D eigenvalue weighted by Crippen LogP contribution is -2.49. The van der Waals surface area contributed by atoms with E-state index in [2.05, 4.69) is 10.6 Å². The summed E-state index contributed by atoms with van der Waals surface area (Å²) in [5.74, 6) is -1.39. The lowest BCUT2D eigenvalue weighted by molar-refractivity contribution is -0.139. The second-order valence-corrected chi connectivity index (χ2v) is 5.99. The average molecular weight is 292 g/mol. The molecule has 2 amide bonds. The Balaban J connectivity index is 2.45. The van der Waals surface area contributed by atoms with Crippen LogP contribution in [0.25, 0.3) is 0 Å². The van der Waals surface area contributed by atoms with E-state index in [0.717, 1.165) is 5.41 Å². The molecule has 0 bridgehead atoms. The number of carbonyl (C=O) groups is 2. The molecule has 1 aliphatic rings. The van der Waals surface area contributed by atoms with Crippen molar-refractivity contribution in [2.45, 2.75) is 18.5 Å². The first-order valence-corrected chi connectivity index (χ1v) is 7.25. The van der Waals surface area contributed by atoms with E-state index in [1.807, 2.05) is 0 Å². The van der Waals surface area contributed by atoms with Gasteiger partial charge in [-0.1, -0.05) is 0 Å². The van der Waals surface area contributed by atoms with Crippen LogP contribution in [0, 0.1) is 0 Å². The molecule has 108 valence electrons. The summed E-state index contributed by atoms with van der Waals surface area (Å²) in [6.07, 6.45) is 1.47. The Hall–Kier alpha value is -1.61. The van der Waals surface area contributed by atoms with Crippen LogP contribution in [0.4, 0.5) is 4.79 Å². The van der Waals surface area contributed by atoms with E-state index in [4.69, 9.17) is 9.84 Å². The first-order valence-electron chi connectivity index (χ1n) is 5.54. The van der Waals surface area contributed by atoms with Gasteiger partial charge in [0.25, 0.3) is 0 Å². The molecule has 9 heteroatoms. The Morgan fingerprint density at radius 3 is 2.68 bits per heavy atom. The lowest BCUT2D eigenvalue weighted by atomic mass is 10.2. The Labute approximate surface area is 110 Å². The van der Waals surface area contributed by atoms with Gasteiger partial charge in [-0.2, -0.15) is 0 Å². The van der Waals surface area contributed by atoms with Gasteiger partial charge in [-0.3, -0.25) is 0 Å². The van der Waals surface area contributed by atoms with Gasteiger partial charge in [-0.15, -0.1) is 0 Å². The molecule has 0 aliphatic carbocycles. The standard InChI is InChI=1S/C10H16N2O6S/c1-18-4-2-8(9(13)14)12-10(15)11-7-3-5-19(16,17)6-7/h3,5,7-8H,2,4,6H2,1H3,(H,13,14)(H2,11,12,15). The number of hydrogen-bond acceptors (Lipinski definition) is 5. The molecular formula is C10H16N2O6S. The summed E-state index contributed by atoms with van der Waals surface area (Å²) in [5.41, 5.74) is 0. The molecule has 1 heterocycles. The summed E-state index contributed by atoms with van der Waals surface area (Å²) in [6, 6.07) is -2.45. The third kappa shape index (κ3) is 5.26. The van der Waals surface area contributed by atoms with Crippen LogP contribution in [0.5, 0.6) is 0 Å². The largest absolute Gasteiger partial charge is 0.480 e. The number of amides is 2. The van der Waals surface area contributed by atoms with E-state index in [1.165, 1.54) is 13.2 Å². The van der Waals surface area contributed by atoms with Crippen molar-refractivity contribution in [3.8, 4) is 0 Å². The van der Waals surface area contributed by atoms with Gasteiger partial charge >= 0.3 is 12.0 Å². The number of ether oxygens (including phenoxy) is 1. The number of carboxylic acid groups (broad SMARTS) is 1. The van der Waals surface area contributed by atoms with E-state index in [1.54, 1.807) is 0 Å². The number of aliphatic carboxylic acids is 1. The van der Waals surface area contributed by atoms with Crippen molar-refractivity contribution in [2.24, 2.45) is 0 Å². The third-order valence-electron chi connectivity index (χ3n) is 2.46. The molecule has 0 aromatic rings. The molecule has 0 saturated heterocycles. The van der Waals surface area contributed by atoms with Gasteiger partial charge in [0.15, 0.2) is 9.84 Å². The monoisotopic (exact) mass is 292 g/mol. The highest BCUT2D eigenvalue weighted by molar-refractivity contribution is 7.94. The third-order valence-corrected chi connectivity index (χ3v) is 3.86. The molecule has 0 aromatic heterocycles. The molecule has 19 heavy (non-hydrogen) atoms. The molecule has 1 rings (SSSR count). The number of rotatable bonds is 6. The maximum absolute atomic E-state index is 11.5. The normalized spacial score (nSPS) is 21.8. The molecule has 3 N–H and O–H groups in total. The minimum absolute atomic E-state index is 0.123. The van der Waals surface area contributed by atoms with E-state index in [0.29, 0.717) is 0 Å². The number of sulfone groups is 1. The Morgan fingerprint density at radius 2 is 2.21 bits per heavy atom. The summed E-state index contributed by atoms with van der Waals surface area (Å²) < 4.78 is 27.0. The van der Waals surface area contributed by atoms with Crippen LogP contribution < -0.4 is 10.6 Å². The predicted molar refractivity (Wildman–Crippen MR) is 66.3 cm³/mol. The van der Waals surface area contributed by atoms with Gasteiger partial charge in [-0.05, 0) is 6.08 Å². The fourth-order valence-electron chi connectivity index (χ4n) is 1.53. The van der Waals surface area contributed by atoms with E-state index in [-0.39, 0.29) is 18.8 Å². The summed E-state index contributed by atoms with van der Waals surface area (Å²) in [7, 11) is -1.84. The second-order valence-electron chi connectivity index (χ2n) is 4.05. The zero-order valence-corrected chi connectivity index (χ0v) is 11.1. The van der Waals surface area contributed by atoms with Gasteiger partial charge in [0.2, 0.25) is 0 Å². The smallest absolute Gasteiger partial charge is 0.326 e. The zero-order chi connectivity index (χ0) is 14.5. The summed E-state index contributed by atoms with van der Waals surface area (Å²) in [4.78, 5) is 22.4. The molecular weight excluding hydrogens is 276 g/mol. The molecule has 0 radical (unpaired) electrons. The van der Waals surface area contributed by atoms with Crippen molar-refractivity contribution >= 4 is 21.8 Å². The van der Waals surface area contributed by atoms with Gasteiger partial charge < -0.3 is 20.5 Å². The number of hydrogen-bond donors (Lipinski definition) is 3. The Kier molecular flexibility index (Phi) is 5.31. The molecule has 2 unspecified atom stereocenters. The van der Waals surface area contributed by atoms with Crippen LogP contribution in [0.15, 0.2) is 11.5 Å². The molecule has 0 aromatic carbocycles. The zero-order valence-electron chi connectivity index (χ0n) is 10.3. The van der Waals surface area contributed by atoms with Gasteiger partial charge in [-0.25, -0.2) is 18.0 Å². The second kappa shape index (κ2) is 6.53. The van der Waals surface area contributed by atoms with Crippen molar-refractivity contribution in [3.63, 3.8) is 0 Å². The topological polar surface area (TPSA) is 122 Å². The highest BCUT2D eigenvalue weighted by Gasteiger charge is 2.25.